The largest absolute Gasteiger partial charge is 2.00 e. The zero-order valence-corrected chi connectivity index (χ0v) is 8.72. The van der Waals surface area contributed by atoms with Gasteiger partial charge in [-0.05, 0) is 0 Å². The van der Waals surface area contributed by atoms with Gasteiger partial charge in [0, 0.05) is 17.6 Å². The first-order chi connectivity index (χ1) is 0. The molecule has 0 unspecified atom stereocenters. The molecule has 0 aromatic heterocycles. The van der Waals surface area contributed by atoms with Crippen molar-refractivity contribution in [3.05, 3.63) is 0 Å². The fraction of sp³-hybridized carbons (Fsp3) is 0. The van der Waals surface area contributed by atoms with Gasteiger partial charge in [-0.1, -0.05) is 0 Å². The average molecular weight is 202 g/mol. The molecule has 0 aromatic rings. The van der Waals surface area contributed by atoms with Crippen molar-refractivity contribution < 1.29 is 19.5 Å². The van der Waals surface area contributed by atoms with E-state index in [1.54, 1.807) is 0 Å². The van der Waals surface area contributed by atoms with Gasteiger partial charge in [-0.3, -0.25) is 0 Å². The summed E-state index contributed by atoms with van der Waals surface area (Å²) < 4.78 is 0. The van der Waals surface area contributed by atoms with Gasteiger partial charge in [0.25, 0.3) is 0 Å². The van der Waals surface area contributed by atoms with Crippen LogP contribution in [0.15, 0.2) is 0 Å². The van der Waals surface area contributed by atoms with Gasteiger partial charge in [0.05, 0.1) is 0 Å². The van der Waals surface area contributed by atoms with E-state index in [9.17, 15) is 0 Å². The topological polar surface area (TPSA) is 0 Å². The van der Waals surface area contributed by atoms with Gasteiger partial charge in [-0.25, -0.2) is 0 Å². The van der Waals surface area contributed by atoms with E-state index in [1.807, 2.05) is 0 Å². The number of hydrogen-bond acceptors (Lipinski definition) is 0. The second-order valence-electron chi connectivity index (χ2n) is 0. The van der Waals surface area contributed by atoms with Crippen molar-refractivity contribution in [1.29, 1.82) is 0 Å². The van der Waals surface area contributed by atoms with E-state index in [4.69, 9.17) is 0 Å². The van der Waals surface area contributed by atoms with Crippen molar-refractivity contribution in [2.75, 3.05) is 0 Å². The summed E-state index contributed by atoms with van der Waals surface area (Å²) in [5.41, 5.74) is 0. The maximum absolute atomic E-state index is 0. The first kappa shape index (κ1) is 39.9. The maximum Gasteiger partial charge on any atom is 2.00 e. The van der Waals surface area contributed by atoms with Crippen LogP contribution in [0, 0.1) is 0 Å². The molecule has 20 valence electrons. The SMILES string of the molecule is [Ge].[S-2].[S-2].[Zn+2]. The van der Waals surface area contributed by atoms with Crippen LogP contribution in [-0.4, -0.2) is 17.6 Å². The minimum Gasteiger partial charge on any atom is -2.00 e. The quantitative estimate of drug-likeness (QED) is 0.469. The van der Waals surface area contributed by atoms with Crippen LogP contribution < -0.4 is 0 Å². The molecule has 0 rings (SSSR count). The molecule has 0 bridgehead atoms. The first-order valence-corrected chi connectivity index (χ1v) is 0. The molecule has 0 spiro atoms. The molecule has 0 nitrogen and oxygen atoms in total. The third kappa shape index (κ3) is 9.12. The van der Waals surface area contributed by atoms with E-state index in [0.29, 0.717) is 0 Å². The normalized spacial score (nSPS) is 0. The molecular weight excluding hydrogens is 202 g/mol. The third-order valence-corrected chi connectivity index (χ3v) is 0. The molecule has 0 N–H and O–H groups in total. The van der Waals surface area contributed by atoms with Crippen LogP contribution in [-0.2, 0) is 46.5 Å². The Labute approximate surface area is 63.7 Å². The Hall–Kier alpha value is 1.87. The summed E-state index contributed by atoms with van der Waals surface area (Å²) in [5, 5.41) is 0. The fourth-order valence-corrected chi connectivity index (χ4v) is 0. The fourth-order valence-electron chi connectivity index (χ4n) is 0. The van der Waals surface area contributed by atoms with E-state index < -0.39 is 0 Å². The molecular formula is GeS2Zn-2. The molecule has 0 amide bonds. The molecule has 0 heterocycles. The van der Waals surface area contributed by atoms with Gasteiger partial charge in [-0.15, -0.1) is 0 Å². The predicted molar refractivity (Wildman–Crippen MR) is 20.5 cm³/mol. The Kier molecular flexibility index (Phi) is 208. The molecule has 0 aliphatic carbocycles. The Morgan fingerprint density at radius 2 is 0.750 bits per heavy atom. The summed E-state index contributed by atoms with van der Waals surface area (Å²) in [6, 6.07) is 0. The van der Waals surface area contributed by atoms with Crippen LogP contribution in [0.3, 0.4) is 0 Å². The van der Waals surface area contributed by atoms with Crippen LogP contribution in [0.25, 0.3) is 0 Å². The van der Waals surface area contributed by atoms with E-state index in [0.717, 1.165) is 0 Å². The van der Waals surface area contributed by atoms with Gasteiger partial charge < -0.3 is 27.0 Å². The summed E-state index contributed by atoms with van der Waals surface area (Å²) >= 11 is 0. The monoisotopic (exact) mass is 202 g/mol. The van der Waals surface area contributed by atoms with Gasteiger partial charge in [0.1, 0.15) is 0 Å². The molecule has 0 saturated carbocycles. The molecule has 4 heteroatoms. The standard InChI is InChI=1S/Ge.2S.Zn/q;2*-2;+2. The third-order valence-electron chi connectivity index (χ3n) is 0. The van der Waals surface area contributed by atoms with Crippen molar-refractivity contribution in [2.45, 2.75) is 0 Å². The van der Waals surface area contributed by atoms with E-state index in [2.05, 4.69) is 0 Å². The Bertz CT molecular complexity index is 6.00. The Morgan fingerprint density at radius 1 is 0.750 bits per heavy atom. The molecule has 0 saturated heterocycles. The summed E-state index contributed by atoms with van der Waals surface area (Å²) in [6.07, 6.45) is 0. The van der Waals surface area contributed by atoms with Crippen molar-refractivity contribution in [1.82, 2.24) is 0 Å². The van der Waals surface area contributed by atoms with Crippen molar-refractivity contribution in [2.24, 2.45) is 0 Å². The zero-order valence-electron chi connectivity index (χ0n) is 2.02. The smallest absolute Gasteiger partial charge is 2.00 e. The minimum absolute atomic E-state index is 0. The Morgan fingerprint density at radius 3 is 0.750 bits per heavy atom. The van der Waals surface area contributed by atoms with Crippen molar-refractivity contribution in [3.8, 4) is 0 Å². The zero-order chi connectivity index (χ0) is 0. The van der Waals surface area contributed by atoms with Crippen LogP contribution in [0.4, 0.5) is 0 Å². The van der Waals surface area contributed by atoms with E-state index in [-0.39, 0.29) is 64.1 Å². The Balaban J connectivity index is 0. The molecule has 0 atom stereocenters. The minimum atomic E-state index is 0. The molecule has 0 aliphatic rings. The maximum atomic E-state index is 0. The molecule has 4 radical (unpaired) electrons. The van der Waals surface area contributed by atoms with E-state index >= 15 is 0 Å². The number of hydrogen-bond donors (Lipinski definition) is 0. The van der Waals surface area contributed by atoms with Crippen LogP contribution in [0.5, 0.6) is 0 Å². The van der Waals surface area contributed by atoms with Crippen LogP contribution in [0.1, 0.15) is 0 Å². The summed E-state index contributed by atoms with van der Waals surface area (Å²) in [5.74, 6) is 0. The van der Waals surface area contributed by atoms with Gasteiger partial charge in [-0.2, -0.15) is 0 Å². The predicted octanol–water partition coefficient (Wildman–Crippen LogP) is -0.388. The van der Waals surface area contributed by atoms with Crippen molar-refractivity contribution in [3.63, 3.8) is 0 Å². The van der Waals surface area contributed by atoms with Crippen LogP contribution in [0.2, 0.25) is 0 Å². The molecule has 0 fully saturated rings. The summed E-state index contributed by atoms with van der Waals surface area (Å²) in [6.45, 7) is 0. The molecule has 0 aromatic carbocycles. The second kappa shape index (κ2) is 20.9. The van der Waals surface area contributed by atoms with Gasteiger partial charge >= 0.3 is 19.5 Å². The van der Waals surface area contributed by atoms with Crippen LogP contribution >= 0.6 is 0 Å². The average Bonchev–Trinajstić information content (AvgIpc) is 0. The summed E-state index contributed by atoms with van der Waals surface area (Å²) in [7, 11) is 0. The first-order valence-electron chi connectivity index (χ1n) is 0. The summed E-state index contributed by atoms with van der Waals surface area (Å²) in [4.78, 5) is 0. The number of rotatable bonds is 0. The molecule has 0 aliphatic heterocycles. The van der Waals surface area contributed by atoms with E-state index in [1.165, 1.54) is 0 Å². The molecule has 4 heavy (non-hydrogen) atoms. The second-order valence-corrected chi connectivity index (χ2v) is 0. The van der Waals surface area contributed by atoms with Gasteiger partial charge in [0.15, 0.2) is 0 Å². The van der Waals surface area contributed by atoms with Gasteiger partial charge in [0.2, 0.25) is 0 Å². The van der Waals surface area contributed by atoms with Crippen molar-refractivity contribution >= 4 is 44.6 Å².